The van der Waals surface area contributed by atoms with Crippen LogP contribution >= 0.6 is 0 Å². The van der Waals surface area contributed by atoms with Gasteiger partial charge in [-0.15, -0.1) is 0 Å². The van der Waals surface area contributed by atoms with Crippen LogP contribution in [0.4, 0.5) is 0 Å². The van der Waals surface area contributed by atoms with Gasteiger partial charge in [0, 0.05) is 18.6 Å². The van der Waals surface area contributed by atoms with Crippen molar-refractivity contribution >= 4 is 0 Å². The Labute approximate surface area is 198 Å². The highest BCUT2D eigenvalue weighted by atomic mass is 15.2. The number of likely N-dealkylation sites (tertiary alicyclic amines) is 2. The fourth-order valence-corrected chi connectivity index (χ4v) is 6.13. The average Bonchev–Trinajstić information content (AvgIpc) is 2.61. The Balaban J connectivity index is 0.00000212. The van der Waals surface area contributed by atoms with Crippen molar-refractivity contribution in [1.29, 1.82) is 0 Å². The second kappa shape index (κ2) is 12.4. The lowest BCUT2D eigenvalue weighted by molar-refractivity contribution is -0.0795. The highest BCUT2D eigenvalue weighted by Gasteiger charge is 2.47. The van der Waals surface area contributed by atoms with E-state index in [0.717, 1.165) is 11.8 Å². The summed E-state index contributed by atoms with van der Waals surface area (Å²) in [6.45, 7) is 35.5. The lowest BCUT2D eigenvalue weighted by atomic mass is 9.63. The second-order valence-electron chi connectivity index (χ2n) is 12.8. The Kier molecular flexibility index (Phi) is 12.4. The van der Waals surface area contributed by atoms with E-state index in [9.17, 15) is 0 Å². The largest absolute Gasteiger partial charge is 0.306 e. The van der Waals surface area contributed by atoms with Gasteiger partial charge in [-0.1, -0.05) is 82.6 Å². The van der Waals surface area contributed by atoms with Gasteiger partial charge in [-0.25, -0.2) is 0 Å². The molecule has 0 atom stereocenters. The zero-order valence-corrected chi connectivity index (χ0v) is 24.4. The van der Waals surface area contributed by atoms with E-state index in [2.05, 4.69) is 79.2 Å². The first kappa shape index (κ1) is 30.9. The molecule has 0 aliphatic carbocycles. The van der Waals surface area contributed by atoms with E-state index in [1.165, 1.54) is 58.3 Å². The molecular weight excluding hydrogens is 376 g/mol. The molecule has 0 aromatic carbocycles. The SMILES string of the molecule is CC.CC.CCC(C)(C)CC(C)(C)C1CN(C(C)(C)CC(C)(C)C2CCN(C)CC2)C1. The standard InChI is InChI=1S/C25H50N2.2C2H6/c1-11-22(2,3)18-23(4,5)21-16-27(17-21)25(8,9)19-24(6,7)20-12-14-26(10)15-13-20;2*1-2/h20-21H,11-19H2,1-10H3;2*1-2H3. The summed E-state index contributed by atoms with van der Waals surface area (Å²) in [5, 5.41) is 0. The molecule has 0 bridgehead atoms. The monoisotopic (exact) mass is 438 g/mol. The number of nitrogens with zero attached hydrogens (tertiary/aromatic N) is 2. The van der Waals surface area contributed by atoms with Gasteiger partial charge in [-0.2, -0.15) is 0 Å². The third-order valence-corrected chi connectivity index (χ3v) is 8.45. The van der Waals surface area contributed by atoms with Gasteiger partial charge in [-0.3, -0.25) is 4.90 Å². The Morgan fingerprint density at radius 1 is 0.677 bits per heavy atom. The molecule has 2 fully saturated rings. The molecule has 0 radical (unpaired) electrons. The fraction of sp³-hybridized carbons (Fsp3) is 1.00. The van der Waals surface area contributed by atoms with Crippen LogP contribution in [0, 0.1) is 28.1 Å². The number of piperidine rings is 1. The molecule has 188 valence electrons. The van der Waals surface area contributed by atoms with E-state index in [1.807, 2.05) is 27.7 Å². The van der Waals surface area contributed by atoms with Gasteiger partial charge in [-0.05, 0) is 87.7 Å². The molecule has 2 rings (SSSR count). The first-order valence-electron chi connectivity index (χ1n) is 13.6. The minimum atomic E-state index is 0.319. The number of hydrogen-bond donors (Lipinski definition) is 0. The lowest BCUT2D eigenvalue weighted by Gasteiger charge is -2.57. The van der Waals surface area contributed by atoms with Crippen molar-refractivity contribution in [2.24, 2.45) is 28.1 Å². The van der Waals surface area contributed by atoms with Gasteiger partial charge in [0.25, 0.3) is 0 Å². The molecule has 2 heteroatoms. The van der Waals surface area contributed by atoms with E-state index in [0.29, 0.717) is 21.8 Å². The quantitative estimate of drug-likeness (QED) is 0.375. The van der Waals surface area contributed by atoms with Gasteiger partial charge in [0.05, 0.1) is 0 Å². The highest BCUT2D eigenvalue weighted by Crippen LogP contribution is 2.48. The molecule has 0 saturated carbocycles. The van der Waals surface area contributed by atoms with Crippen molar-refractivity contribution in [3.05, 3.63) is 0 Å². The Bertz CT molecular complexity index is 475. The summed E-state index contributed by atoms with van der Waals surface area (Å²) < 4.78 is 0. The van der Waals surface area contributed by atoms with Crippen molar-refractivity contribution in [2.75, 3.05) is 33.2 Å². The van der Waals surface area contributed by atoms with E-state index in [1.54, 1.807) is 0 Å². The van der Waals surface area contributed by atoms with Crippen molar-refractivity contribution in [1.82, 2.24) is 9.80 Å². The summed E-state index contributed by atoms with van der Waals surface area (Å²) in [6.07, 6.45) is 6.70. The van der Waals surface area contributed by atoms with Gasteiger partial charge >= 0.3 is 0 Å². The number of rotatable bonds is 8. The Morgan fingerprint density at radius 3 is 1.52 bits per heavy atom. The summed E-state index contributed by atoms with van der Waals surface area (Å²) in [7, 11) is 2.27. The van der Waals surface area contributed by atoms with Crippen LogP contribution in [-0.2, 0) is 0 Å². The normalized spacial score (nSPS) is 20.3. The highest BCUT2D eigenvalue weighted by molar-refractivity contribution is 5.00. The molecule has 2 aliphatic heterocycles. The zero-order valence-electron chi connectivity index (χ0n) is 24.4. The van der Waals surface area contributed by atoms with Crippen LogP contribution in [-0.4, -0.2) is 48.6 Å². The number of hydrogen-bond acceptors (Lipinski definition) is 2. The van der Waals surface area contributed by atoms with E-state index < -0.39 is 0 Å². The van der Waals surface area contributed by atoms with Crippen molar-refractivity contribution in [3.63, 3.8) is 0 Å². The fourth-order valence-electron chi connectivity index (χ4n) is 6.13. The molecule has 0 aromatic rings. The van der Waals surface area contributed by atoms with Crippen molar-refractivity contribution < 1.29 is 0 Å². The van der Waals surface area contributed by atoms with Crippen molar-refractivity contribution in [2.45, 2.75) is 128 Å². The maximum absolute atomic E-state index is 2.79. The van der Waals surface area contributed by atoms with Crippen LogP contribution in [0.3, 0.4) is 0 Å². The van der Waals surface area contributed by atoms with E-state index in [-0.39, 0.29) is 0 Å². The van der Waals surface area contributed by atoms with E-state index in [4.69, 9.17) is 0 Å². The molecule has 0 unspecified atom stereocenters. The van der Waals surface area contributed by atoms with Crippen LogP contribution in [0.1, 0.15) is 122 Å². The molecule has 0 aromatic heterocycles. The van der Waals surface area contributed by atoms with E-state index >= 15 is 0 Å². The van der Waals surface area contributed by atoms with Gasteiger partial charge in [0.2, 0.25) is 0 Å². The molecule has 0 spiro atoms. The third-order valence-electron chi connectivity index (χ3n) is 8.45. The molecule has 2 aliphatic rings. The van der Waals surface area contributed by atoms with Crippen molar-refractivity contribution in [3.8, 4) is 0 Å². The van der Waals surface area contributed by atoms with Gasteiger partial charge in [0.1, 0.15) is 0 Å². The zero-order chi connectivity index (χ0) is 24.7. The molecular formula is C29H62N2. The summed E-state index contributed by atoms with van der Waals surface area (Å²) in [6, 6.07) is 0. The predicted molar refractivity (Wildman–Crippen MR) is 143 cm³/mol. The summed E-state index contributed by atoms with van der Waals surface area (Å²) in [5.74, 6) is 1.74. The third kappa shape index (κ3) is 9.00. The van der Waals surface area contributed by atoms with Gasteiger partial charge in [0.15, 0.2) is 0 Å². The topological polar surface area (TPSA) is 6.48 Å². The maximum Gasteiger partial charge on any atom is 0.0158 e. The Hall–Kier alpha value is -0.0800. The summed E-state index contributed by atoms with van der Waals surface area (Å²) >= 11 is 0. The summed E-state index contributed by atoms with van der Waals surface area (Å²) in [5.41, 5.74) is 1.68. The minimum absolute atomic E-state index is 0.319. The lowest BCUT2D eigenvalue weighted by Crippen LogP contribution is -2.62. The first-order valence-corrected chi connectivity index (χ1v) is 13.6. The molecule has 2 heterocycles. The Morgan fingerprint density at radius 2 is 1.10 bits per heavy atom. The molecule has 31 heavy (non-hydrogen) atoms. The van der Waals surface area contributed by atoms with Gasteiger partial charge < -0.3 is 4.90 Å². The van der Waals surface area contributed by atoms with Crippen LogP contribution in [0.15, 0.2) is 0 Å². The average molecular weight is 439 g/mol. The second-order valence-corrected chi connectivity index (χ2v) is 12.8. The maximum atomic E-state index is 2.79. The summed E-state index contributed by atoms with van der Waals surface area (Å²) in [4.78, 5) is 5.28. The molecule has 0 N–H and O–H groups in total. The van der Waals surface area contributed by atoms with Crippen LogP contribution in [0.5, 0.6) is 0 Å². The predicted octanol–water partition coefficient (Wildman–Crippen LogP) is 8.36. The first-order chi connectivity index (χ1) is 14.2. The van der Waals surface area contributed by atoms with Crippen LogP contribution < -0.4 is 0 Å². The molecule has 2 saturated heterocycles. The molecule has 2 nitrogen and oxygen atoms in total. The minimum Gasteiger partial charge on any atom is -0.306 e. The van der Waals surface area contributed by atoms with Crippen LogP contribution in [0.25, 0.3) is 0 Å². The molecule has 0 amide bonds. The smallest absolute Gasteiger partial charge is 0.0158 e. The van der Waals surface area contributed by atoms with Crippen LogP contribution in [0.2, 0.25) is 0 Å².